The number of amides is 2. The Morgan fingerprint density at radius 3 is 2.65 bits per heavy atom. The van der Waals surface area contributed by atoms with Gasteiger partial charge in [-0.2, -0.15) is 0 Å². The second kappa shape index (κ2) is 7.07. The van der Waals surface area contributed by atoms with E-state index in [2.05, 4.69) is 10.6 Å². The first-order valence-electron chi connectivity index (χ1n) is 5.88. The van der Waals surface area contributed by atoms with Gasteiger partial charge >= 0.3 is 6.03 Å². The summed E-state index contributed by atoms with van der Waals surface area (Å²) in [7, 11) is 3.23. The van der Waals surface area contributed by atoms with Crippen molar-refractivity contribution in [3.05, 3.63) is 33.9 Å². The number of nitro groups is 1. The Kier molecular flexibility index (Phi) is 5.45. The maximum absolute atomic E-state index is 11.3. The van der Waals surface area contributed by atoms with E-state index in [1.165, 1.54) is 23.1 Å². The highest BCUT2D eigenvalue weighted by molar-refractivity contribution is 5.79. The number of rotatable bonds is 6. The number of hydrogen-bond acceptors (Lipinski definition) is 5. The lowest BCUT2D eigenvalue weighted by Gasteiger charge is -2.12. The number of aldehydes is 1. The molecule has 0 atom stereocenters. The molecule has 0 aromatic heterocycles. The van der Waals surface area contributed by atoms with Crippen LogP contribution in [0.25, 0.3) is 0 Å². The third kappa shape index (κ3) is 4.23. The first-order valence-corrected chi connectivity index (χ1v) is 5.88. The number of anilines is 1. The molecular formula is C12H16N4O4. The van der Waals surface area contributed by atoms with Crippen LogP contribution < -0.4 is 10.6 Å². The van der Waals surface area contributed by atoms with Crippen LogP contribution in [0.2, 0.25) is 0 Å². The molecule has 1 aromatic carbocycles. The first kappa shape index (κ1) is 15.4. The van der Waals surface area contributed by atoms with Gasteiger partial charge < -0.3 is 15.5 Å². The minimum atomic E-state index is -0.562. The standard InChI is InChI=1S/C12H16N4O4/c1-15(2)12(18)14-6-5-13-10-4-3-9(8-17)7-11(10)16(19)20/h3-4,7-8,13H,5-6H2,1-2H3,(H,14,18). The van der Waals surface area contributed by atoms with E-state index in [0.717, 1.165) is 0 Å². The van der Waals surface area contributed by atoms with Crippen molar-refractivity contribution in [3.63, 3.8) is 0 Å². The molecule has 0 aliphatic rings. The van der Waals surface area contributed by atoms with Crippen molar-refractivity contribution in [1.82, 2.24) is 10.2 Å². The lowest BCUT2D eigenvalue weighted by atomic mass is 10.2. The summed E-state index contributed by atoms with van der Waals surface area (Å²) in [4.78, 5) is 33.6. The fraction of sp³-hybridized carbons (Fsp3) is 0.333. The van der Waals surface area contributed by atoms with Crippen molar-refractivity contribution in [2.75, 3.05) is 32.5 Å². The fourth-order valence-electron chi connectivity index (χ4n) is 1.45. The van der Waals surface area contributed by atoms with Gasteiger partial charge in [0.15, 0.2) is 0 Å². The summed E-state index contributed by atoms with van der Waals surface area (Å²) in [5.74, 6) is 0. The topological polar surface area (TPSA) is 105 Å². The average molecular weight is 280 g/mol. The second-order valence-electron chi connectivity index (χ2n) is 4.20. The van der Waals surface area contributed by atoms with Crippen LogP contribution in [0.3, 0.4) is 0 Å². The summed E-state index contributed by atoms with van der Waals surface area (Å²) in [6, 6.07) is 3.92. The molecular weight excluding hydrogens is 264 g/mol. The summed E-state index contributed by atoms with van der Waals surface area (Å²) in [5.41, 5.74) is 0.372. The van der Waals surface area contributed by atoms with E-state index in [-0.39, 0.29) is 17.3 Å². The van der Waals surface area contributed by atoms with Crippen molar-refractivity contribution >= 4 is 23.7 Å². The molecule has 0 spiro atoms. The van der Waals surface area contributed by atoms with E-state index in [0.29, 0.717) is 25.1 Å². The minimum absolute atomic E-state index is 0.173. The number of carbonyl (C=O) groups excluding carboxylic acids is 2. The minimum Gasteiger partial charge on any atom is -0.378 e. The lowest BCUT2D eigenvalue weighted by Crippen LogP contribution is -2.37. The predicted molar refractivity (Wildman–Crippen MR) is 74.1 cm³/mol. The van der Waals surface area contributed by atoms with Crippen molar-refractivity contribution < 1.29 is 14.5 Å². The molecule has 0 saturated carbocycles. The van der Waals surface area contributed by atoms with Gasteiger partial charge in [0.1, 0.15) is 12.0 Å². The van der Waals surface area contributed by atoms with Gasteiger partial charge in [0.2, 0.25) is 0 Å². The van der Waals surface area contributed by atoms with Gasteiger partial charge in [-0.25, -0.2) is 4.79 Å². The number of nitro benzene ring substituents is 1. The summed E-state index contributed by atoms with van der Waals surface area (Å²) < 4.78 is 0. The number of carbonyl (C=O) groups is 2. The van der Waals surface area contributed by atoms with Crippen molar-refractivity contribution in [1.29, 1.82) is 0 Å². The van der Waals surface area contributed by atoms with Crippen LogP contribution >= 0.6 is 0 Å². The Morgan fingerprint density at radius 2 is 2.10 bits per heavy atom. The zero-order valence-electron chi connectivity index (χ0n) is 11.3. The maximum atomic E-state index is 11.3. The van der Waals surface area contributed by atoms with Crippen LogP contribution in [-0.2, 0) is 0 Å². The van der Waals surface area contributed by atoms with Crippen molar-refractivity contribution in [3.8, 4) is 0 Å². The first-order chi connectivity index (χ1) is 9.45. The third-order valence-corrected chi connectivity index (χ3v) is 2.48. The SMILES string of the molecule is CN(C)C(=O)NCCNc1ccc(C=O)cc1[N+](=O)[O-]. The molecule has 2 N–H and O–H groups in total. The largest absolute Gasteiger partial charge is 0.378 e. The zero-order valence-corrected chi connectivity index (χ0v) is 11.3. The Morgan fingerprint density at radius 1 is 1.40 bits per heavy atom. The summed E-state index contributed by atoms with van der Waals surface area (Å²) in [5, 5.41) is 16.4. The van der Waals surface area contributed by atoms with Crippen molar-refractivity contribution in [2.24, 2.45) is 0 Å². The quantitative estimate of drug-likeness (QED) is 0.351. The van der Waals surface area contributed by atoms with Crippen LogP contribution in [0.5, 0.6) is 0 Å². The van der Waals surface area contributed by atoms with Gasteiger partial charge in [-0.1, -0.05) is 0 Å². The van der Waals surface area contributed by atoms with Crippen molar-refractivity contribution in [2.45, 2.75) is 0 Å². The van der Waals surface area contributed by atoms with Crippen LogP contribution in [0.4, 0.5) is 16.2 Å². The van der Waals surface area contributed by atoms with E-state index in [1.807, 2.05) is 0 Å². The maximum Gasteiger partial charge on any atom is 0.316 e. The summed E-state index contributed by atoms with van der Waals surface area (Å²) in [6.45, 7) is 0.657. The molecule has 2 amide bonds. The molecule has 8 nitrogen and oxygen atoms in total. The highest BCUT2D eigenvalue weighted by atomic mass is 16.6. The summed E-state index contributed by atoms with van der Waals surface area (Å²) >= 11 is 0. The van der Waals surface area contributed by atoms with Gasteiger partial charge in [-0.15, -0.1) is 0 Å². The Hall–Kier alpha value is -2.64. The van der Waals surface area contributed by atoms with E-state index < -0.39 is 4.92 Å². The monoisotopic (exact) mass is 280 g/mol. The zero-order chi connectivity index (χ0) is 15.1. The molecule has 0 heterocycles. The van der Waals surface area contributed by atoms with E-state index in [4.69, 9.17) is 0 Å². The number of urea groups is 1. The van der Waals surface area contributed by atoms with Gasteiger partial charge in [-0.3, -0.25) is 14.9 Å². The van der Waals surface area contributed by atoms with Crippen LogP contribution in [-0.4, -0.2) is 49.3 Å². The molecule has 20 heavy (non-hydrogen) atoms. The second-order valence-corrected chi connectivity index (χ2v) is 4.20. The Labute approximate surface area is 115 Å². The molecule has 8 heteroatoms. The average Bonchev–Trinajstić information content (AvgIpc) is 2.42. The molecule has 0 fully saturated rings. The van der Waals surface area contributed by atoms with Gasteiger partial charge in [0.25, 0.3) is 5.69 Å². The summed E-state index contributed by atoms with van der Waals surface area (Å²) in [6.07, 6.45) is 0.550. The normalized spacial score (nSPS) is 9.70. The Balaban J connectivity index is 2.62. The predicted octanol–water partition coefficient (Wildman–Crippen LogP) is 1.09. The molecule has 0 aliphatic carbocycles. The van der Waals surface area contributed by atoms with Crippen LogP contribution in [0.15, 0.2) is 18.2 Å². The van der Waals surface area contributed by atoms with Gasteiger partial charge in [-0.05, 0) is 12.1 Å². The van der Waals surface area contributed by atoms with Crippen LogP contribution in [0.1, 0.15) is 10.4 Å². The lowest BCUT2D eigenvalue weighted by molar-refractivity contribution is -0.384. The van der Waals surface area contributed by atoms with E-state index in [9.17, 15) is 19.7 Å². The molecule has 1 aromatic rings. The highest BCUT2D eigenvalue weighted by Crippen LogP contribution is 2.24. The number of nitrogens with zero attached hydrogens (tertiary/aromatic N) is 2. The smallest absolute Gasteiger partial charge is 0.316 e. The third-order valence-electron chi connectivity index (χ3n) is 2.48. The molecule has 1 rings (SSSR count). The molecule has 0 radical (unpaired) electrons. The van der Waals surface area contributed by atoms with Gasteiger partial charge in [0, 0.05) is 38.8 Å². The number of hydrogen-bond donors (Lipinski definition) is 2. The van der Waals surface area contributed by atoms with Gasteiger partial charge in [0.05, 0.1) is 4.92 Å². The van der Waals surface area contributed by atoms with E-state index >= 15 is 0 Å². The highest BCUT2D eigenvalue weighted by Gasteiger charge is 2.14. The number of benzene rings is 1. The number of nitrogens with one attached hydrogen (secondary N) is 2. The molecule has 108 valence electrons. The van der Waals surface area contributed by atoms with Crippen LogP contribution in [0, 0.1) is 10.1 Å². The molecule has 0 saturated heterocycles. The fourth-order valence-corrected chi connectivity index (χ4v) is 1.45. The van der Waals surface area contributed by atoms with E-state index in [1.54, 1.807) is 14.1 Å². The molecule has 0 bridgehead atoms. The molecule has 0 unspecified atom stereocenters. The Bertz CT molecular complexity index is 516. The molecule has 0 aliphatic heterocycles.